The molecule has 1 N–H and O–H groups in total. The van der Waals surface area contributed by atoms with Gasteiger partial charge in [-0.1, -0.05) is 18.2 Å². The smallest absolute Gasteiger partial charge is 0.202 e. The molecule has 0 fully saturated rings. The minimum Gasteiger partial charge on any atom is -0.485 e. The average Bonchev–Trinajstić information content (AvgIpc) is 2.75. The van der Waals surface area contributed by atoms with Gasteiger partial charge in [-0.3, -0.25) is 4.79 Å². The average molecular weight is 406 g/mol. The van der Waals surface area contributed by atoms with Gasteiger partial charge in [0.2, 0.25) is 5.78 Å². The number of hydrogen-bond acceptors (Lipinski definition) is 4. The number of benzene rings is 1. The van der Waals surface area contributed by atoms with Crippen molar-refractivity contribution in [2.75, 3.05) is 6.61 Å². The molecule has 0 aliphatic carbocycles. The zero-order chi connectivity index (χ0) is 13.8. The maximum atomic E-state index is 12.0. The molecule has 1 aromatic carbocycles. The number of carbonyl (C=O) groups excluding carboxylic acids is 1. The summed E-state index contributed by atoms with van der Waals surface area (Å²) in [5.74, 6) is 0.422. The summed E-state index contributed by atoms with van der Waals surface area (Å²) in [4.78, 5) is 12.0. The summed E-state index contributed by atoms with van der Waals surface area (Å²) < 4.78 is 7.14. The minimum absolute atomic E-state index is 0.0568. The molecule has 2 aromatic rings. The third-order valence-corrected chi connectivity index (χ3v) is 4.80. The molecule has 0 saturated carbocycles. The third kappa shape index (κ3) is 3.66. The number of carbonyl (C=O) groups is 1. The number of thiophene rings is 1. The standard InChI is InChI=1S/C13H10Br2O3S/c14-12-5-9(13(15)19-12)10(17)7-18-11-4-2-1-3-8(11)6-16/h1-5,16H,6-7H2. The highest BCUT2D eigenvalue weighted by molar-refractivity contribution is 9.12. The van der Waals surface area contributed by atoms with Crippen LogP contribution in [-0.2, 0) is 6.61 Å². The van der Waals surface area contributed by atoms with Gasteiger partial charge in [-0.25, -0.2) is 0 Å². The summed E-state index contributed by atoms with van der Waals surface area (Å²) in [7, 11) is 0. The molecule has 19 heavy (non-hydrogen) atoms. The molecular formula is C13H10Br2O3S. The first kappa shape index (κ1) is 14.7. The molecule has 0 bridgehead atoms. The summed E-state index contributed by atoms with van der Waals surface area (Å²) in [5.41, 5.74) is 1.26. The molecule has 0 saturated heterocycles. The number of aliphatic hydroxyl groups excluding tert-OH is 1. The van der Waals surface area contributed by atoms with E-state index in [2.05, 4.69) is 31.9 Å². The van der Waals surface area contributed by atoms with E-state index in [1.807, 2.05) is 6.07 Å². The first-order valence-corrected chi connectivity index (χ1v) is 7.81. The fourth-order valence-corrected chi connectivity index (χ4v) is 4.38. The normalized spacial score (nSPS) is 10.5. The van der Waals surface area contributed by atoms with Crippen LogP contribution in [-0.4, -0.2) is 17.5 Å². The number of aliphatic hydroxyl groups is 1. The molecule has 1 aromatic heterocycles. The predicted octanol–water partition coefficient (Wildman–Crippen LogP) is 4.03. The molecular weight excluding hydrogens is 396 g/mol. The van der Waals surface area contributed by atoms with Gasteiger partial charge in [0.1, 0.15) is 5.75 Å². The predicted molar refractivity (Wildman–Crippen MR) is 81.9 cm³/mol. The molecule has 0 unspecified atom stereocenters. The second-order valence-corrected chi connectivity index (χ2v) is 7.46. The second-order valence-electron chi connectivity index (χ2n) is 3.72. The Labute approximate surface area is 131 Å². The molecule has 2 rings (SSSR count). The molecule has 0 aliphatic rings. The van der Waals surface area contributed by atoms with E-state index in [1.165, 1.54) is 11.3 Å². The molecule has 0 atom stereocenters. The Hall–Kier alpha value is -0.690. The molecule has 0 amide bonds. The Bertz CT molecular complexity index is 595. The molecule has 100 valence electrons. The van der Waals surface area contributed by atoms with Crippen molar-refractivity contribution < 1.29 is 14.6 Å². The zero-order valence-electron chi connectivity index (χ0n) is 9.73. The van der Waals surface area contributed by atoms with Crippen LogP contribution in [0.2, 0.25) is 0 Å². The quantitative estimate of drug-likeness (QED) is 0.764. The van der Waals surface area contributed by atoms with Gasteiger partial charge in [-0.2, -0.15) is 0 Å². The Morgan fingerprint density at radius 1 is 1.32 bits per heavy atom. The monoisotopic (exact) mass is 404 g/mol. The van der Waals surface area contributed by atoms with E-state index in [1.54, 1.807) is 24.3 Å². The van der Waals surface area contributed by atoms with Crippen molar-refractivity contribution in [3.05, 3.63) is 49.0 Å². The van der Waals surface area contributed by atoms with Crippen LogP contribution >= 0.6 is 43.2 Å². The van der Waals surface area contributed by atoms with Crippen molar-refractivity contribution >= 4 is 49.0 Å². The summed E-state index contributed by atoms with van der Waals surface area (Å²) in [6.07, 6.45) is 0. The Morgan fingerprint density at radius 2 is 2.05 bits per heavy atom. The van der Waals surface area contributed by atoms with Crippen molar-refractivity contribution in [2.24, 2.45) is 0 Å². The number of para-hydroxylation sites is 1. The number of hydrogen-bond donors (Lipinski definition) is 1. The summed E-state index contributed by atoms with van der Waals surface area (Å²) in [6, 6.07) is 8.87. The minimum atomic E-state index is -0.113. The van der Waals surface area contributed by atoms with Crippen LogP contribution in [0.15, 0.2) is 37.9 Å². The Balaban J connectivity index is 2.06. The lowest BCUT2D eigenvalue weighted by atomic mass is 10.2. The number of ether oxygens (including phenoxy) is 1. The van der Waals surface area contributed by atoms with Gasteiger partial charge < -0.3 is 9.84 Å². The van der Waals surface area contributed by atoms with E-state index in [9.17, 15) is 9.90 Å². The van der Waals surface area contributed by atoms with E-state index in [-0.39, 0.29) is 19.0 Å². The largest absolute Gasteiger partial charge is 0.485 e. The molecule has 3 nitrogen and oxygen atoms in total. The highest BCUT2D eigenvalue weighted by Gasteiger charge is 2.14. The Kier molecular flexibility index (Phi) is 5.15. The number of ketones is 1. The lowest BCUT2D eigenvalue weighted by Crippen LogP contribution is -2.12. The highest BCUT2D eigenvalue weighted by Crippen LogP contribution is 2.32. The summed E-state index contributed by atoms with van der Waals surface area (Å²) in [5, 5.41) is 9.17. The number of halogens is 2. The van der Waals surface area contributed by atoms with Crippen molar-refractivity contribution in [2.45, 2.75) is 6.61 Å². The number of rotatable bonds is 5. The summed E-state index contributed by atoms with van der Waals surface area (Å²) >= 11 is 8.12. The van der Waals surface area contributed by atoms with Gasteiger partial charge in [-0.05, 0) is 44.0 Å². The van der Waals surface area contributed by atoms with Crippen molar-refractivity contribution in [3.8, 4) is 5.75 Å². The first-order valence-electron chi connectivity index (χ1n) is 5.41. The van der Waals surface area contributed by atoms with Gasteiger partial charge in [0.25, 0.3) is 0 Å². The molecule has 6 heteroatoms. The lowest BCUT2D eigenvalue weighted by Gasteiger charge is -2.08. The van der Waals surface area contributed by atoms with Gasteiger partial charge in [0.15, 0.2) is 6.61 Å². The highest BCUT2D eigenvalue weighted by atomic mass is 79.9. The third-order valence-electron chi connectivity index (χ3n) is 2.46. The maximum Gasteiger partial charge on any atom is 0.202 e. The van der Waals surface area contributed by atoms with E-state index in [0.717, 1.165) is 7.57 Å². The van der Waals surface area contributed by atoms with Crippen LogP contribution in [0.25, 0.3) is 0 Å². The van der Waals surface area contributed by atoms with E-state index in [4.69, 9.17) is 4.74 Å². The van der Waals surface area contributed by atoms with Crippen LogP contribution in [0.3, 0.4) is 0 Å². The number of Topliss-reactive ketones (excluding diaryl/α,β-unsaturated/α-hetero) is 1. The molecule has 0 aliphatic heterocycles. The van der Waals surface area contributed by atoms with E-state index in [0.29, 0.717) is 16.9 Å². The summed E-state index contributed by atoms with van der Waals surface area (Å²) in [6.45, 7) is -0.170. The van der Waals surface area contributed by atoms with Gasteiger partial charge in [0.05, 0.1) is 14.2 Å². The fourth-order valence-electron chi connectivity index (χ4n) is 1.53. The van der Waals surface area contributed by atoms with Crippen molar-refractivity contribution in [3.63, 3.8) is 0 Å². The zero-order valence-corrected chi connectivity index (χ0v) is 13.7. The lowest BCUT2D eigenvalue weighted by molar-refractivity contribution is 0.0919. The topological polar surface area (TPSA) is 46.5 Å². The van der Waals surface area contributed by atoms with Crippen LogP contribution < -0.4 is 4.74 Å². The van der Waals surface area contributed by atoms with Crippen molar-refractivity contribution in [1.29, 1.82) is 0 Å². The second kappa shape index (κ2) is 6.65. The molecule has 0 spiro atoms. The van der Waals surface area contributed by atoms with Gasteiger partial charge in [0, 0.05) is 11.1 Å². The van der Waals surface area contributed by atoms with Gasteiger partial charge in [-0.15, -0.1) is 11.3 Å². The van der Waals surface area contributed by atoms with Gasteiger partial charge >= 0.3 is 0 Å². The van der Waals surface area contributed by atoms with Crippen LogP contribution in [0.1, 0.15) is 15.9 Å². The maximum absolute atomic E-state index is 12.0. The SMILES string of the molecule is O=C(COc1ccccc1CO)c1cc(Br)sc1Br. The molecule has 1 heterocycles. The van der Waals surface area contributed by atoms with Crippen molar-refractivity contribution in [1.82, 2.24) is 0 Å². The van der Waals surface area contributed by atoms with Crippen LogP contribution in [0, 0.1) is 0 Å². The van der Waals surface area contributed by atoms with Crippen LogP contribution in [0.4, 0.5) is 0 Å². The molecule has 0 radical (unpaired) electrons. The van der Waals surface area contributed by atoms with E-state index >= 15 is 0 Å². The van der Waals surface area contributed by atoms with Crippen LogP contribution in [0.5, 0.6) is 5.75 Å². The fraction of sp³-hybridized carbons (Fsp3) is 0.154. The van der Waals surface area contributed by atoms with E-state index < -0.39 is 0 Å². The Morgan fingerprint density at radius 3 is 2.68 bits per heavy atom. The first-order chi connectivity index (χ1) is 9.11.